The first kappa shape index (κ1) is 13.4. The molecule has 0 saturated heterocycles. The summed E-state index contributed by atoms with van der Waals surface area (Å²) < 4.78 is 0. The van der Waals surface area contributed by atoms with Crippen LogP contribution in [-0.4, -0.2) is 54.0 Å². The van der Waals surface area contributed by atoms with E-state index in [0.717, 1.165) is 12.8 Å². The summed E-state index contributed by atoms with van der Waals surface area (Å²) >= 11 is 0. The summed E-state index contributed by atoms with van der Waals surface area (Å²) in [6.07, 6.45) is 2.05. The summed E-state index contributed by atoms with van der Waals surface area (Å²) in [6, 6.07) is 0. The summed E-state index contributed by atoms with van der Waals surface area (Å²) in [4.78, 5) is 34.4. The molecule has 7 heteroatoms. The van der Waals surface area contributed by atoms with E-state index in [4.69, 9.17) is 10.8 Å². The van der Waals surface area contributed by atoms with Gasteiger partial charge in [-0.2, -0.15) is 0 Å². The normalized spacial score (nSPS) is 14.2. The van der Waals surface area contributed by atoms with Crippen LogP contribution in [0, 0.1) is 5.92 Å². The highest BCUT2D eigenvalue weighted by molar-refractivity contribution is 5.87. The van der Waals surface area contributed by atoms with Gasteiger partial charge >= 0.3 is 5.97 Å². The fourth-order valence-corrected chi connectivity index (χ4v) is 1.39. The zero-order valence-corrected chi connectivity index (χ0v) is 9.52. The lowest BCUT2D eigenvalue weighted by Gasteiger charge is -2.20. The Hall–Kier alpha value is -1.63. The van der Waals surface area contributed by atoms with Crippen LogP contribution in [0.15, 0.2) is 0 Å². The highest BCUT2D eigenvalue weighted by Gasteiger charge is 2.27. The number of carbonyl (C=O) groups is 3. The number of carbonyl (C=O) groups excluding carboxylic acids is 2. The second-order valence-corrected chi connectivity index (χ2v) is 4.09. The Morgan fingerprint density at radius 2 is 2.00 bits per heavy atom. The van der Waals surface area contributed by atoms with Crippen LogP contribution in [0.4, 0.5) is 0 Å². The maximum absolute atomic E-state index is 11.7. The summed E-state index contributed by atoms with van der Waals surface area (Å²) in [5.74, 6) is -1.46. The number of nitrogens with two attached hydrogens (primary N) is 1. The van der Waals surface area contributed by atoms with Crippen molar-refractivity contribution in [3.63, 3.8) is 0 Å². The minimum atomic E-state index is -1.05. The first-order valence-corrected chi connectivity index (χ1v) is 5.49. The predicted octanol–water partition coefficient (Wildman–Crippen LogP) is -1.62. The number of aliphatic carboxylic acids is 1. The molecule has 1 rings (SSSR count). The molecule has 1 aliphatic carbocycles. The lowest BCUT2D eigenvalue weighted by atomic mass is 10.3. The molecule has 0 aromatic heterocycles. The molecule has 0 unspecified atom stereocenters. The van der Waals surface area contributed by atoms with Gasteiger partial charge in [0, 0.05) is 6.54 Å². The number of hydrogen-bond acceptors (Lipinski definition) is 4. The second-order valence-electron chi connectivity index (χ2n) is 4.09. The van der Waals surface area contributed by atoms with Crippen LogP contribution in [0.25, 0.3) is 0 Å². The number of rotatable bonds is 7. The summed E-state index contributed by atoms with van der Waals surface area (Å²) in [6.45, 7) is -0.262. The number of carboxylic acids is 1. The summed E-state index contributed by atoms with van der Waals surface area (Å²) in [5.41, 5.74) is 5.07. The molecule has 0 bridgehead atoms. The van der Waals surface area contributed by atoms with Crippen molar-refractivity contribution in [3.8, 4) is 0 Å². The largest absolute Gasteiger partial charge is 0.480 e. The van der Waals surface area contributed by atoms with Gasteiger partial charge in [-0.1, -0.05) is 0 Å². The van der Waals surface area contributed by atoms with E-state index in [1.165, 1.54) is 4.90 Å². The number of carboxylic acid groups (broad SMARTS) is 1. The monoisotopic (exact) mass is 243 g/mol. The Bertz CT molecular complexity index is 315. The lowest BCUT2D eigenvalue weighted by Crippen LogP contribution is -2.44. The van der Waals surface area contributed by atoms with E-state index < -0.39 is 11.9 Å². The molecule has 1 saturated carbocycles. The van der Waals surface area contributed by atoms with E-state index in [-0.39, 0.29) is 25.5 Å². The Labute approximate surface area is 98.9 Å². The Morgan fingerprint density at radius 3 is 2.47 bits per heavy atom. The molecule has 0 aromatic carbocycles. The van der Waals surface area contributed by atoms with Gasteiger partial charge in [0.2, 0.25) is 11.8 Å². The molecule has 0 heterocycles. The zero-order valence-electron chi connectivity index (χ0n) is 9.52. The van der Waals surface area contributed by atoms with Crippen LogP contribution in [0.2, 0.25) is 0 Å². The summed E-state index contributed by atoms with van der Waals surface area (Å²) in [5, 5.41) is 11.0. The van der Waals surface area contributed by atoms with E-state index >= 15 is 0 Å². The lowest BCUT2D eigenvalue weighted by molar-refractivity contribution is -0.144. The molecule has 7 nitrogen and oxygen atoms in total. The van der Waals surface area contributed by atoms with Gasteiger partial charge in [-0.05, 0) is 18.8 Å². The average Bonchev–Trinajstić information content (AvgIpc) is 3.07. The van der Waals surface area contributed by atoms with E-state index in [1.807, 2.05) is 0 Å². The van der Waals surface area contributed by atoms with Crippen molar-refractivity contribution in [1.29, 1.82) is 0 Å². The van der Waals surface area contributed by atoms with Crippen LogP contribution >= 0.6 is 0 Å². The fourth-order valence-electron chi connectivity index (χ4n) is 1.39. The predicted molar refractivity (Wildman–Crippen MR) is 59.0 cm³/mol. The molecule has 4 N–H and O–H groups in total. The van der Waals surface area contributed by atoms with Crippen molar-refractivity contribution in [1.82, 2.24) is 10.2 Å². The van der Waals surface area contributed by atoms with E-state index in [1.54, 1.807) is 0 Å². The molecular formula is C10H17N3O4. The molecule has 0 atom stereocenters. The topological polar surface area (TPSA) is 113 Å². The van der Waals surface area contributed by atoms with Crippen molar-refractivity contribution >= 4 is 17.8 Å². The second kappa shape index (κ2) is 6.19. The fraction of sp³-hybridized carbons (Fsp3) is 0.700. The van der Waals surface area contributed by atoms with Gasteiger partial charge in [-0.25, -0.2) is 0 Å². The van der Waals surface area contributed by atoms with Gasteiger partial charge in [-0.3, -0.25) is 14.4 Å². The highest BCUT2D eigenvalue weighted by atomic mass is 16.4. The van der Waals surface area contributed by atoms with Gasteiger partial charge in [0.1, 0.15) is 6.54 Å². The average molecular weight is 243 g/mol. The number of nitrogens with one attached hydrogen (secondary N) is 1. The van der Waals surface area contributed by atoms with Crippen LogP contribution in [-0.2, 0) is 14.4 Å². The Kier molecular flexibility index (Phi) is 4.89. The van der Waals surface area contributed by atoms with E-state index in [9.17, 15) is 14.4 Å². The van der Waals surface area contributed by atoms with Crippen LogP contribution in [0.1, 0.15) is 12.8 Å². The maximum Gasteiger partial charge on any atom is 0.323 e. The van der Waals surface area contributed by atoms with Gasteiger partial charge in [-0.15, -0.1) is 0 Å². The standard InChI is InChI=1S/C10H17N3O4/c11-3-8(14)12-4-9(15)13(6-10(16)17)5-7-1-2-7/h7H,1-6,11H2,(H,12,14)(H,16,17). The van der Waals surface area contributed by atoms with Gasteiger partial charge in [0.15, 0.2) is 0 Å². The molecule has 0 aromatic rings. The maximum atomic E-state index is 11.7. The van der Waals surface area contributed by atoms with Crippen LogP contribution in [0.5, 0.6) is 0 Å². The van der Waals surface area contributed by atoms with Crippen LogP contribution < -0.4 is 11.1 Å². The van der Waals surface area contributed by atoms with E-state index in [2.05, 4.69) is 5.32 Å². The minimum Gasteiger partial charge on any atom is -0.480 e. The molecule has 0 aliphatic heterocycles. The Morgan fingerprint density at radius 1 is 1.35 bits per heavy atom. The van der Waals surface area contributed by atoms with Crippen molar-refractivity contribution in [3.05, 3.63) is 0 Å². The zero-order chi connectivity index (χ0) is 12.8. The quantitative estimate of drug-likeness (QED) is 0.497. The van der Waals surface area contributed by atoms with Gasteiger partial charge in [0.05, 0.1) is 13.1 Å². The molecule has 1 fully saturated rings. The number of amides is 2. The first-order valence-electron chi connectivity index (χ1n) is 5.49. The Balaban J connectivity index is 2.40. The third kappa shape index (κ3) is 5.30. The van der Waals surface area contributed by atoms with Crippen molar-refractivity contribution in [2.24, 2.45) is 11.7 Å². The molecule has 17 heavy (non-hydrogen) atoms. The SMILES string of the molecule is NCC(=O)NCC(=O)N(CC(=O)O)CC1CC1. The first-order chi connectivity index (χ1) is 8.02. The third-order valence-electron chi connectivity index (χ3n) is 2.48. The third-order valence-corrected chi connectivity index (χ3v) is 2.48. The molecule has 1 aliphatic rings. The van der Waals surface area contributed by atoms with Crippen LogP contribution in [0.3, 0.4) is 0 Å². The molecule has 2 amide bonds. The van der Waals surface area contributed by atoms with Gasteiger partial charge in [0.25, 0.3) is 0 Å². The molecule has 0 spiro atoms. The van der Waals surface area contributed by atoms with E-state index in [0.29, 0.717) is 12.5 Å². The number of nitrogens with zero attached hydrogens (tertiary/aromatic N) is 1. The van der Waals surface area contributed by atoms with Gasteiger partial charge < -0.3 is 21.1 Å². The summed E-state index contributed by atoms with van der Waals surface area (Å²) in [7, 11) is 0. The van der Waals surface area contributed by atoms with Crippen molar-refractivity contribution in [2.45, 2.75) is 12.8 Å². The molecular weight excluding hydrogens is 226 g/mol. The van der Waals surface area contributed by atoms with Crippen molar-refractivity contribution in [2.75, 3.05) is 26.2 Å². The smallest absolute Gasteiger partial charge is 0.323 e. The number of hydrogen-bond donors (Lipinski definition) is 3. The molecule has 0 radical (unpaired) electrons. The molecule has 96 valence electrons. The highest BCUT2D eigenvalue weighted by Crippen LogP contribution is 2.29. The van der Waals surface area contributed by atoms with Crippen molar-refractivity contribution < 1.29 is 19.5 Å². The minimum absolute atomic E-state index is 0.186.